The van der Waals surface area contributed by atoms with E-state index in [1.165, 1.54) is 25.9 Å². The molecule has 1 aromatic heterocycles. The van der Waals surface area contributed by atoms with Crippen LogP contribution in [-0.4, -0.2) is 41.0 Å². The van der Waals surface area contributed by atoms with E-state index < -0.39 is 0 Å². The van der Waals surface area contributed by atoms with E-state index in [4.69, 9.17) is 0 Å². The van der Waals surface area contributed by atoms with E-state index in [1.54, 1.807) is 12.4 Å². The number of nitrogens with zero attached hydrogens (tertiary/aromatic N) is 3. The molecule has 0 bridgehead atoms. The maximum atomic E-state index is 4.33. The Hall–Kier alpha value is -0.520. The van der Waals surface area contributed by atoms with Gasteiger partial charge in [-0.05, 0) is 55.8 Å². The SMILES string of the molecule is C[C@@H](NC1CCN(C)CC1)c1ncc(Br)cn1. The van der Waals surface area contributed by atoms with Crippen molar-refractivity contribution in [1.29, 1.82) is 0 Å². The number of likely N-dealkylation sites (tertiary alicyclic amines) is 1. The Labute approximate surface area is 111 Å². The predicted octanol–water partition coefficient (Wildman–Crippen LogP) is 1.98. The highest BCUT2D eigenvalue weighted by Gasteiger charge is 2.19. The van der Waals surface area contributed by atoms with Crippen LogP contribution < -0.4 is 5.32 Å². The molecule has 4 nitrogen and oxygen atoms in total. The largest absolute Gasteiger partial charge is 0.306 e. The third kappa shape index (κ3) is 3.72. The molecule has 1 saturated heterocycles. The molecular weight excluding hydrogens is 280 g/mol. The Balaban J connectivity index is 1.88. The first-order valence-corrected chi connectivity index (χ1v) is 6.86. The number of nitrogens with one attached hydrogen (secondary N) is 1. The Morgan fingerprint density at radius 1 is 1.35 bits per heavy atom. The first-order chi connectivity index (χ1) is 8.15. The van der Waals surface area contributed by atoms with Crippen molar-refractivity contribution in [2.75, 3.05) is 20.1 Å². The third-order valence-electron chi connectivity index (χ3n) is 3.23. The minimum absolute atomic E-state index is 0.219. The standard InChI is InChI=1S/C12H19BrN4/c1-9(12-14-7-10(13)8-15-12)16-11-3-5-17(2)6-4-11/h7-9,11,16H,3-6H2,1-2H3/t9-/m1/s1. The van der Waals surface area contributed by atoms with E-state index in [1.807, 2.05) is 0 Å². The predicted molar refractivity (Wildman–Crippen MR) is 71.8 cm³/mol. The summed E-state index contributed by atoms with van der Waals surface area (Å²) in [6.45, 7) is 4.47. The van der Waals surface area contributed by atoms with Gasteiger partial charge in [0, 0.05) is 18.4 Å². The zero-order valence-electron chi connectivity index (χ0n) is 10.4. The highest BCUT2D eigenvalue weighted by molar-refractivity contribution is 9.10. The fraction of sp³-hybridized carbons (Fsp3) is 0.667. The zero-order valence-corrected chi connectivity index (χ0v) is 11.9. The molecule has 2 rings (SSSR count). The summed E-state index contributed by atoms with van der Waals surface area (Å²) in [6.07, 6.45) is 6.01. The van der Waals surface area contributed by atoms with Crippen LogP contribution >= 0.6 is 15.9 Å². The van der Waals surface area contributed by atoms with Crippen molar-refractivity contribution in [3.05, 3.63) is 22.7 Å². The summed E-state index contributed by atoms with van der Waals surface area (Å²) in [7, 11) is 2.18. The zero-order chi connectivity index (χ0) is 12.3. The van der Waals surface area contributed by atoms with E-state index in [2.05, 4.69) is 50.1 Å². The minimum Gasteiger partial charge on any atom is -0.306 e. The molecule has 0 radical (unpaired) electrons. The maximum absolute atomic E-state index is 4.33. The lowest BCUT2D eigenvalue weighted by Gasteiger charge is -2.31. The van der Waals surface area contributed by atoms with Crippen LogP contribution in [0.2, 0.25) is 0 Å². The topological polar surface area (TPSA) is 41.0 Å². The van der Waals surface area contributed by atoms with Crippen LogP contribution in [0, 0.1) is 0 Å². The first-order valence-electron chi connectivity index (χ1n) is 6.07. The van der Waals surface area contributed by atoms with Crippen LogP contribution in [0.1, 0.15) is 31.6 Å². The van der Waals surface area contributed by atoms with Crippen LogP contribution in [-0.2, 0) is 0 Å². The van der Waals surface area contributed by atoms with Gasteiger partial charge in [0.05, 0.1) is 10.5 Å². The molecule has 94 valence electrons. The van der Waals surface area contributed by atoms with Gasteiger partial charge in [-0.15, -0.1) is 0 Å². The van der Waals surface area contributed by atoms with Crippen LogP contribution in [0.15, 0.2) is 16.9 Å². The highest BCUT2D eigenvalue weighted by atomic mass is 79.9. The molecule has 1 aliphatic heterocycles. The van der Waals surface area contributed by atoms with Crippen molar-refractivity contribution in [2.24, 2.45) is 0 Å². The summed E-state index contributed by atoms with van der Waals surface area (Å²) < 4.78 is 0.924. The van der Waals surface area contributed by atoms with E-state index in [0.717, 1.165) is 10.3 Å². The number of hydrogen-bond donors (Lipinski definition) is 1. The summed E-state index contributed by atoms with van der Waals surface area (Å²) in [5.41, 5.74) is 0. The van der Waals surface area contributed by atoms with E-state index in [0.29, 0.717) is 6.04 Å². The van der Waals surface area contributed by atoms with Crippen LogP contribution in [0.25, 0.3) is 0 Å². The minimum atomic E-state index is 0.219. The number of rotatable bonds is 3. The molecular formula is C12H19BrN4. The molecule has 1 fully saturated rings. The van der Waals surface area contributed by atoms with Gasteiger partial charge in [-0.1, -0.05) is 0 Å². The normalized spacial score (nSPS) is 20.4. The molecule has 0 amide bonds. The molecule has 0 aliphatic carbocycles. The second-order valence-electron chi connectivity index (χ2n) is 4.73. The summed E-state index contributed by atoms with van der Waals surface area (Å²) in [5, 5.41) is 3.61. The van der Waals surface area contributed by atoms with Crippen LogP contribution in [0.5, 0.6) is 0 Å². The number of piperidine rings is 1. The Kier molecular flexibility index (Phi) is 4.48. The lowest BCUT2D eigenvalue weighted by atomic mass is 10.0. The van der Waals surface area contributed by atoms with Gasteiger partial charge >= 0.3 is 0 Å². The van der Waals surface area contributed by atoms with E-state index >= 15 is 0 Å². The van der Waals surface area contributed by atoms with Gasteiger partial charge in [0.2, 0.25) is 0 Å². The van der Waals surface area contributed by atoms with Crippen molar-refractivity contribution < 1.29 is 0 Å². The average molecular weight is 299 g/mol. The third-order valence-corrected chi connectivity index (χ3v) is 3.64. The van der Waals surface area contributed by atoms with Crippen molar-refractivity contribution in [2.45, 2.75) is 31.8 Å². The molecule has 5 heteroatoms. The van der Waals surface area contributed by atoms with Crippen molar-refractivity contribution >= 4 is 15.9 Å². The second-order valence-corrected chi connectivity index (χ2v) is 5.64. The molecule has 0 aromatic carbocycles. The number of hydrogen-bond acceptors (Lipinski definition) is 4. The Morgan fingerprint density at radius 2 is 1.94 bits per heavy atom. The maximum Gasteiger partial charge on any atom is 0.144 e. The highest BCUT2D eigenvalue weighted by Crippen LogP contribution is 2.15. The van der Waals surface area contributed by atoms with Gasteiger partial charge in [0.15, 0.2) is 0 Å². The van der Waals surface area contributed by atoms with E-state index in [9.17, 15) is 0 Å². The summed E-state index contributed by atoms with van der Waals surface area (Å²) in [6, 6.07) is 0.810. The number of halogens is 1. The summed E-state index contributed by atoms with van der Waals surface area (Å²) in [5.74, 6) is 0.868. The fourth-order valence-electron chi connectivity index (χ4n) is 2.15. The van der Waals surface area contributed by atoms with Crippen molar-refractivity contribution in [3.8, 4) is 0 Å². The van der Waals surface area contributed by atoms with E-state index in [-0.39, 0.29) is 6.04 Å². The Morgan fingerprint density at radius 3 is 2.53 bits per heavy atom. The van der Waals surface area contributed by atoms with Gasteiger partial charge in [-0.2, -0.15) is 0 Å². The molecule has 1 atom stereocenters. The van der Waals surface area contributed by atoms with Gasteiger partial charge in [-0.3, -0.25) is 0 Å². The van der Waals surface area contributed by atoms with Gasteiger partial charge in [0.1, 0.15) is 5.82 Å². The van der Waals surface area contributed by atoms with Crippen molar-refractivity contribution in [1.82, 2.24) is 20.2 Å². The molecule has 0 spiro atoms. The quantitative estimate of drug-likeness (QED) is 0.926. The van der Waals surface area contributed by atoms with Gasteiger partial charge < -0.3 is 10.2 Å². The van der Waals surface area contributed by atoms with Gasteiger partial charge in [0.25, 0.3) is 0 Å². The molecule has 0 saturated carbocycles. The second kappa shape index (κ2) is 5.89. The molecule has 2 heterocycles. The number of aromatic nitrogens is 2. The fourth-order valence-corrected chi connectivity index (χ4v) is 2.35. The monoisotopic (exact) mass is 298 g/mol. The molecule has 1 N–H and O–H groups in total. The molecule has 17 heavy (non-hydrogen) atoms. The Bertz CT molecular complexity index is 346. The van der Waals surface area contributed by atoms with Gasteiger partial charge in [-0.25, -0.2) is 9.97 Å². The lowest BCUT2D eigenvalue weighted by molar-refractivity contribution is 0.225. The molecule has 1 aliphatic rings. The molecule has 1 aromatic rings. The van der Waals surface area contributed by atoms with Crippen molar-refractivity contribution in [3.63, 3.8) is 0 Å². The van der Waals surface area contributed by atoms with Crippen LogP contribution in [0.4, 0.5) is 0 Å². The average Bonchev–Trinajstić information content (AvgIpc) is 2.33. The first kappa shape index (κ1) is 12.9. The van der Waals surface area contributed by atoms with Crippen LogP contribution in [0.3, 0.4) is 0 Å². The summed E-state index contributed by atoms with van der Waals surface area (Å²) >= 11 is 3.35. The smallest absolute Gasteiger partial charge is 0.144 e. The molecule has 0 unspecified atom stereocenters. The lowest BCUT2D eigenvalue weighted by Crippen LogP contribution is -2.42. The summed E-state index contributed by atoms with van der Waals surface area (Å²) in [4.78, 5) is 11.0.